The predicted octanol–water partition coefficient (Wildman–Crippen LogP) is 2.54. The number of hydrogen-bond acceptors (Lipinski definition) is 5. The van der Waals surface area contributed by atoms with Crippen LogP contribution < -0.4 is 0 Å². The highest BCUT2D eigenvalue weighted by molar-refractivity contribution is 6.20. The number of hydroxylamine groups is 2. The first-order valence-electron chi connectivity index (χ1n) is 8.61. The second-order valence-electron chi connectivity index (χ2n) is 6.55. The van der Waals surface area contributed by atoms with Crippen molar-refractivity contribution >= 4 is 17.8 Å². The van der Waals surface area contributed by atoms with Gasteiger partial charge < -0.3 is 4.84 Å². The number of carbonyl (C=O) groups excluding carboxylic acids is 3. The Morgan fingerprint density at radius 1 is 1.07 bits per heavy atom. The van der Waals surface area contributed by atoms with Gasteiger partial charge in [-0.05, 0) is 37.8 Å². The average Bonchev–Trinajstić information content (AvgIpc) is 3.14. The summed E-state index contributed by atoms with van der Waals surface area (Å²) >= 11 is 0. The monoisotopic (exact) mass is 393 g/mol. The molecule has 10 heteroatoms. The molecule has 0 fully saturated rings. The first-order valence-corrected chi connectivity index (χ1v) is 8.61. The number of fused-ring (bicyclic) bond motifs is 2. The molecule has 0 bridgehead atoms. The summed E-state index contributed by atoms with van der Waals surface area (Å²) in [6.07, 6.45) is -2.74. The lowest BCUT2D eigenvalue weighted by atomic mass is 9.95. The summed E-state index contributed by atoms with van der Waals surface area (Å²) in [5.41, 5.74) is -0.395. The van der Waals surface area contributed by atoms with Crippen LogP contribution in [0.5, 0.6) is 0 Å². The Morgan fingerprint density at radius 3 is 2.29 bits per heavy atom. The molecule has 7 nitrogen and oxygen atoms in total. The smallest absolute Gasteiger partial charge is 0.328 e. The van der Waals surface area contributed by atoms with Gasteiger partial charge in [0.15, 0.2) is 5.69 Å². The predicted molar refractivity (Wildman–Crippen MR) is 86.9 cm³/mol. The van der Waals surface area contributed by atoms with Gasteiger partial charge in [-0.2, -0.15) is 18.3 Å². The summed E-state index contributed by atoms with van der Waals surface area (Å²) in [4.78, 5) is 41.5. The molecule has 2 aromatic rings. The average molecular weight is 393 g/mol. The minimum absolute atomic E-state index is 0.0901. The van der Waals surface area contributed by atoms with E-state index < -0.39 is 36.2 Å². The zero-order valence-corrected chi connectivity index (χ0v) is 14.5. The van der Waals surface area contributed by atoms with Crippen molar-refractivity contribution in [3.05, 3.63) is 52.3 Å². The fraction of sp³-hybridized carbons (Fsp3) is 0.333. The standard InChI is InChI=1S/C18H14F3N3O4/c19-18(20,21)15-12-7-3-4-8-13(12)23(22-15)9-14(25)28-24-16(26)10-5-1-2-6-11(10)17(24)27/h1-2,5-6H,3-4,7-9H2. The highest BCUT2D eigenvalue weighted by atomic mass is 19.4. The summed E-state index contributed by atoms with van der Waals surface area (Å²) in [5.74, 6) is -2.65. The zero-order chi connectivity index (χ0) is 20.1. The number of rotatable bonds is 3. The maximum atomic E-state index is 13.2. The van der Waals surface area contributed by atoms with Gasteiger partial charge in [0.2, 0.25) is 0 Å². The van der Waals surface area contributed by atoms with Crippen LogP contribution in [0.2, 0.25) is 0 Å². The molecule has 0 atom stereocenters. The van der Waals surface area contributed by atoms with E-state index >= 15 is 0 Å². The van der Waals surface area contributed by atoms with Crippen LogP contribution >= 0.6 is 0 Å². The summed E-state index contributed by atoms with van der Waals surface area (Å²) in [5, 5.41) is 3.88. The van der Waals surface area contributed by atoms with Crippen molar-refractivity contribution in [2.45, 2.75) is 38.4 Å². The third-order valence-electron chi connectivity index (χ3n) is 4.75. The Labute approximate surface area is 156 Å². The molecule has 2 heterocycles. The number of halogens is 3. The van der Waals surface area contributed by atoms with E-state index in [1.165, 1.54) is 12.1 Å². The van der Waals surface area contributed by atoms with Crippen LogP contribution in [-0.4, -0.2) is 32.6 Å². The number of alkyl halides is 3. The van der Waals surface area contributed by atoms with E-state index in [2.05, 4.69) is 5.10 Å². The summed E-state index contributed by atoms with van der Waals surface area (Å²) in [6, 6.07) is 5.96. The lowest BCUT2D eigenvalue weighted by Crippen LogP contribution is -2.34. The maximum Gasteiger partial charge on any atom is 0.435 e. The van der Waals surface area contributed by atoms with Gasteiger partial charge in [0.1, 0.15) is 6.54 Å². The van der Waals surface area contributed by atoms with Crippen LogP contribution in [0, 0.1) is 0 Å². The molecule has 2 aliphatic rings. The fourth-order valence-corrected chi connectivity index (χ4v) is 3.53. The second-order valence-corrected chi connectivity index (χ2v) is 6.55. The van der Waals surface area contributed by atoms with Crippen LogP contribution in [0.1, 0.15) is 50.5 Å². The molecule has 28 heavy (non-hydrogen) atoms. The van der Waals surface area contributed by atoms with Gasteiger partial charge in [-0.25, -0.2) is 4.79 Å². The van der Waals surface area contributed by atoms with Gasteiger partial charge in [-0.15, -0.1) is 0 Å². The Balaban J connectivity index is 1.55. The number of aromatic nitrogens is 2. The van der Waals surface area contributed by atoms with E-state index in [1.807, 2.05) is 0 Å². The first-order chi connectivity index (χ1) is 13.3. The lowest BCUT2D eigenvalue weighted by Gasteiger charge is -2.15. The number of benzene rings is 1. The minimum Gasteiger partial charge on any atom is -0.328 e. The van der Waals surface area contributed by atoms with Crippen LogP contribution in [-0.2, 0) is 35.2 Å². The van der Waals surface area contributed by atoms with Crippen molar-refractivity contribution in [1.29, 1.82) is 0 Å². The molecule has 2 amide bonds. The molecule has 1 aromatic carbocycles. The third-order valence-corrected chi connectivity index (χ3v) is 4.75. The van der Waals surface area contributed by atoms with E-state index in [1.54, 1.807) is 12.1 Å². The molecule has 4 rings (SSSR count). The Kier molecular flexibility index (Phi) is 4.20. The van der Waals surface area contributed by atoms with E-state index in [9.17, 15) is 27.6 Å². The third kappa shape index (κ3) is 2.94. The number of hydrogen-bond donors (Lipinski definition) is 0. The number of amides is 2. The molecule has 0 unspecified atom stereocenters. The Hall–Kier alpha value is -3.17. The maximum absolute atomic E-state index is 13.2. The summed E-state index contributed by atoms with van der Waals surface area (Å²) < 4.78 is 40.6. The normalized spacial score (nSPS) is 16.2. The molecule has 0 saturated heterocycles. The molecular weight excluding hydrogens is 379 g/mol. The van der Waals surface area contributed by atoms with E-state index in [-0.39, 0.29) is 23.1 Å². The highest BCUT2D eigenvalue weighted by Gasteiger charge is 2.41. The molecule has 0 spiro atoms. The van der Waals surface area contributed by atoms with Gasteiger partial charge >= 0.3 is 12.1 Å². The van der Waals surface area contributed by atoms with Crippen LogP contribution in [0.4, 0.5) is 13.2 Å². The van der Waals surface area contributed by atoms with Gasteiger partial charge in [-0.3, -0.25) is 14.3 Å². The van der Waals surface area contributed by atoms with Gasteiger partial charge in [0.25, 0.3) is 11.8 Å². The van der Waals surface area contributed by atoms with Crippen molar-refractivity contribution in [1.82, 2.24) is 14.8 Å². The summed E-state index contributed by atoms with van der Waals surface area (Å²) in [7, 11) is 0. The fourth-order valence-electron chi connectivity index (χ4n) is 3.53. The lowest BCUT2D eigenvalue weighted by molar-refractivity contribution is -0.169. The molecule has 1 aromatic heterocycles. The van der Waals surface area contributed by atoms with E-state index in [0.29, 0.717) is 30.0 Å². The van der Waals surface area contributed by atoms with Crippen molar-refractivity contribution in [3.63, 3.8) is 0 Å². The number of carbonyl (C=O) groups is 3. The van der Waals surface area contributed by atoms with Gasteiger partial charge in [0, 0.05) is 11.3 Å². The zero-order valence-electron chi connectivity index (χ0n) is 14.5. The van der Waals surface area contributed by atoms with Crippen molar-refractivity contribution in [2.75, 3.05) is 0 Å². The molecule has 1 aliphatic carbocycles. The van der Waals surface area contributed by atoms with Crippen molar-refractivity contribution in [3.8, 4) is 0 Å². The van der Waals surface area contributed by atoms with Crippen LogP contribution in [0.15, 0.2) is 24.3 Å². The molecule has 0 radical (unpaired) electrons. The van der Waals surface area contributed by atoms with Crippen molar-refractivity contribution < 1.29 is 32.4 Å². The van der Waals surface area contributed by atoms with Crippen LogP contribution in [0.25, 0.3) is 0 Å². The van der Waals surface area contributed by atoms with Gasteiger partial charge in [-0.1, -0.05) is 17.2 Å². The molecule has 146 valence electrons. The molecular formula is C18H14F3N3O4. The van der Waals surface area contributed by atoms with E-state index in [0.717, 1.165) is 4.68 Å². The number of imide groups is 1. The highest BCUT2D eigenvalue weighted by Crippen LogP contribution is 2.35. The Bertz CT molecular complexity index is 961. The molecule has 1 aliphatic heterocycles. The van der Waals surface area contributed by atoms with Gasteiger partial charge in [0.05, 0.1) is 11.1 Å². The van der Waals surface area contributed by atoms with E-state index in [4.69, 9.17) is 4.84 Å². The van der Waals surface area contributed by atoms with Crippen molar-refractivity contribution in [2.24, 2.45) is 0 Å². The first kappa shape index (κ1) is 18.2. The topological polar surface area (TPSA) is 81.5 Å². The van der Waals surface area contributed by atoms with Crippen LogP contribution in [0.3, 0.4) is 0 Å². The second kappa shape index (κ2) is 6.47. The molecule has 0 N–H and O–H groups in total. The largest absolute Gasteiger partial charge is 0.435 e. The molecule has 0 saturated carbocycles. The minimum atomic E-state index is -4.63. The quantitative estimate of drug-likeness (QED) is 0.749. The number of nitrogens with zero attached hydrogens (tertiary/aromatic N) is 3. The summed E-state index contributed by atoms with van der Waals surface area (Å²) in [6.45, 7) is -0.633. The Morgan fingerprint density at radius 2 is 1.68 bits per heavy atom. The SMILES string of the molecule is O=C(Cn1nc(C(F)(F)F)c2c1CCCC2)ON1C(=O)c2ccccc2C1=O.